The molecular weight excluding hydrogens is 235 g/mol. The molecular formula is C10H16F3N3O. The standard InChI is InChI=1S/C10H16F3N3O/c11-10(12,13)9(1-2-9)7-15-8(14)16-3-5-17-6-4-16/h1-7H2,(H2,14,15). The Hall–Kier alpha value is -0.980. The third kappa shape index (κ3) is 2.65. The van der Waals surface area contributed by atoms with Crippen LogP contribution in [0, 0.1) is 5.41 Å². The van der Waals surface area contributed by atoms with Crippen molar-refractivity contribution in [3.63, 3.8) is 0 Å². The molecule has 1 heterocycles. The summed E-state index contributed by atoms with van der Waals surface area (Å²) in [5, 5.41) is 0. The predicted molar refractivity (Wildman–Crippen MR) is 56.6 cm³/mol. The topological polar surface area (TPSA) is 50.8 Å². The lowest BCUT2D eigenvalue weighted by Gasteiger charge is -2.28. The van der Waals surface area contributed by atoms with Crippen LogP contribution in [0.1, 0.15) is 12.8 Å². The molecule has 1 saturated heterocycles. The molecule has 0 aromatic carbocycles. The van der Waals surface area contributed by atoms with E-state index in [1.165, 1.54) is 0 Å². The third-order valence-electron chi connectivity index (χ3n) is 3.33. The van der Waals surface area contributed by atoms with Gasteiger partial charge in [-0.1, -0.05) is 0 Å². The number of aliphatic imine (C=N–C) groups is 1. The highest BCUT2D eigenvalue weighted by Crippen LogP contribution is 2.57. The quantitative estimate of drug-likeness (QED) is 0.588. The predicted octanol–water partition coefficient (Wildman–Crippen LogP) is 0.976. The first-order chi connectivity index (χ1) is 7.95. The van der Waals surface area contributed by atoms with Gasteiger partial charge in [0.1, 0.15) is 0 Å². The molecule has 0 unspecified atom stereocenters. The van der Waals surface area contributed by atoms with Crippen molar-refractivity contribution in [1.82, 2.24) is 4.90 Å². The summed E-state index contributed by atoms with van der Waals surface area (Å²) in [5.41, 5.74) is 4.07. The molecule has 1 aliphatic heterocycles. The Balaban J connectivity index is 1.91. The SMILES string of the molecule is NC(=NCC1(C(F)(F)F)CC1)N1CCOCC1. The molecule has 0 atom stereocenters. The van der Waals surface area contributed by atoms with Crippen LogP contribution in [-0.4, -0.2) is 49.9 Å². The van der Waals surface area contributed by atoms with Crippen LogP contribution in [0.25, 0.3) is 0 Å². The van der Waals surface area contributed by atoms with E-state index in [4.69, 9.17) is 10.5 Å². The minimum absolute atomic E-state index is 0.163. The van der Waals surface area contributed by atoms with Crippen LogP contribution < -0.4 is 5.73 Å². The van der Waals surface area contributed by atoms with Gasteiger partial charge in [-0.3, -0.25) is 4.99 Å². The van der Waals surface area contributed by atoms with Crippen molar-refractivity contribution in [1.29, 1.82) is 0 Å². The first kappa shape index (κ1) is 12.5. The van der Waals surface area contributed by atoms with Crippen LogP contribution in [0.15, 0.2) is 4.99 Å². The molecule has 0 bridgehead atoms. The minimum Gasteiger partial charge on any atom is -0.378 e. The van der Waals surface area contributed by atoms with Crippen LogP contribution in [0.2, 0.25) is 0 Å². The fraction of sp³-hybridized carbons (Fsp3) is 0.900. The Morgan fingerprint density at radius 1 is 1.29 bits per heavy atom. The molecule has 17 heavy (non-hydrogen) atoms. The number of rotatable bonds is 2. The summed E-state index contributed by atoms with van der Waals surface area (Å²) in [6.45, 7) is 2.02. The van der Waals surface area contributed by atoms with Crippen molar-refractivity contribution < 1.29 is 17.9 Å². The second kappa shape index (κ2) is 4.36. The number of hydrogen-bond acceptors (Lipinski definition) is 2. The average molecular weight is 251 g/mol. The summed E-state index contributed by atoms with van der Waals surface area (Å²) in [5.74, 6) is 0.198. The number of guanidine groups is 1. The van der Waals surface area contributed by atoms with Gasteiger partial charge in [0.2, 0.25) is 0 Å². The Morgan fingerprint density at radius 3 is 2.35 bits per heavy atom. The van der Waals surface area contributed by atoms with Gasteiger partial charge in [-0.25, -0.2) is 0 Å². The molecule has 2 rings (SSSR count). The van der Waals surface area contributed by atoms with Gasteiger partial charge < -0.3 is 15.4 Å². The van der Waals surface area contributed by atoms with E-state index in [1.807, 2.05) is 0 Å². The monoisotopic (exact) mass is 251 g/mol. The molecule has 0 amide bonds. The van der Waals surface area contributed by atoms with E-state index in [2.05, 4.69) is 4.99 Å². The largest absolute Gasteiger partial charge is 0.396 e. The highest BCUT2D eigenvalue weighted by Gasteiger charge is 2.63. The van der Waals surface area contributed by atoms with Gasteiger partial charge in [0.25, 0.3) is 0 Å². The molecule has 98 valence electrons. The summed E-state index contributed by atoms with van der Waals surface area (Å²) in [6, 6.07) is 0. The number of hydrogen-bond donors (Lipinski definition) is 1. The zero-order valence-electron chi connectivity index (χ0n) is 9.46. The third-order valence-corrected chi connectivity index (χ3v) is 3.33. The van der Waals surface area contributed by atoms with E-state index < -0.39 is 11.6 Å². The molecule has 2 N–H and O–H groups in total. The van der Waals surface area contributed by atoms with E-state index in [0.717, 1.165) is 0 Å². The van der Waals surface area contributed by atoms with Gasteiger partial charge in [0, 0.05) is 13.1 Å². The van der Waals surface area contributed by atoms with Crippen molar-refractivity contribution in [3.05, 3.63) is 0 Å². The molecule has 1 saturated carbocycles. The zero-order chi connectivity index (χ0) is 12.5. The molecule has 4 nitrogen and oxygen atoms in total. The highest BCUT2D eigenvalue weighted by molar-refractivity contribution is 5.78. The number of morpholine rings is 1. The molecule has 1 aliphatic carbocycles. The number of halogens is 3. The Labute approximate surface area is 97.6 Å². The van der Waals surface area contributed by atoms with Crippen molar-refractivity contribution in [2.24, 2.45) is 16.1 Å². The molecule has 2 aliphatic rings. The van der Waals surface area contributed by atoms with Gasteiger partial charge in [-0.05, 0) is 12.8 Å². The maximum Gasteiger partial charge on any atom is 0.396 e. The normalized spacial score (nSPS) is 24.9. The zero-order valence-corrected chi connectivity index (χ0v) is 9.46. The molecule has 0 aromatic rings. The lowest BCUT2D eigenvalue weighted by molar-refractivity contribution is -0.183. The maximum absolute atomic E-state index is 12.6. The molecule has 0 aromatic heterocycles. The summed E-state index contributed by atoms with van der Waals surface area (Å²) >= 11 is 0. The van der Waals surface area contributed by atoms with Crippen LogP contribution in [0.5, 0.6) is 0 Å². The fourth-order valence-electron chi connectivity index (χ4n) is 1.81. The van der Waals surface area contributed by atoms with Crippen molar-refractivity contribution in [2.45, 2.75) is 19.0 Å². The first-order valence-electron chi connectivity index (χ1n) is 5.64. The summed E-state index contributed by atoms with van der Waals surface area (Å²) < 4.78 is 43.1. The highest BCUT2D eigenvalue weighted by atomic mass is 19.4. The Bertz CT molecular complexity index is 306. The van der Waals surface area contributed by atoms with Gasteiger partial charge in [0.15, 0.2) is 5.96 Å². The smallest absolute Gasteiger partial charge is 0.378 e. The van der Waals surface area contributed by atoms with Gasteiger partial charge >= 0.3 is 6.18 Å². The number of ether oxygens (including phenoxy) is 1. The van der Waals surface area contributed by atoms with Gasteiger partial charge in [-0.2, -0.15) is 13.2 Å². The van der Waals surface area contributed by atoms with E-state index >= 15 is 0 Å². The van der Waals surface area contributed by atoms with Gasteiger partial charge in [0.05, 0.1) is 25.2 Å². The van der Waals surface area contributed by atoms with E-state index in [-0.39, 0.29) is 25.3 Å². The van der Waals surface area contributed by atoms with Crippen molar-refractivity contribution >= 4 is 5.96 Å². The second-order valence-electron chi connectivity index (χ2n) is 4.55. The molecule has 0 radical (unpaired) electrons. The summed E-state index contributed by atoms with van der Waals surface area (Å²) in [6.07, 6.45) is -3.84. The average Bonchev–Trinajstić information content (AvgIpc) is 3.07. The number of nitrogens with two attached hydrogens (primary N) is 1. The Kier molecular flexibility index (Phi) is 3.20. The lowest BCUT2D eigenvalue weighted by atomic mass is 10.1. The molecule has 2 fully saturated rings. The minimum atomic E-state index is -4.16. The maximum atomic E-state index is 12.6. The van der Waals surface area contributed by atoms with E-state index in [1.54, 1.807) is 4.90 Å². The number of alkyl halides is 3. The second-order valence-corrected chi connectivity index (χ2v) is 4.55. The fourth-order valence-corrected chi connectivity index (χ4v) is 1.81. The molecule has 0 spiro atoms. The van der Waals surface area contributed by atoms with Crippen LogP contribution >= 0.6 is 0 Å². The lowest BCUT2D eigenvalue weighted by Crippen LogP contribution is -2.45. The number of nitrogens with zero attached hydrogens (tertiary/aromatic N) is 2. The molecule has 7 heteroatoms. The van der Waals surface area contributed by atoms with Crippen molar-refractivity contribution in [3.8, 4) is 0 Å². The van der Waals surface area contributed by atoms with Gasteiger partial charge in [-0.15, -0.1) is 0 Å². The summed E-state index contributed by atoms with van der Waals surface area (Å²) in [7, 11) is 0. The summed E-state index contributed by atoms with van der Waals surface area (Å²) in [4.78, 5) is 5.65. The van der Waals surface area contributed by atoms with Crippen LogP contribution in [-0.2, 0) is 4.74 Å². The van der Waals surface area contributed by atoms with Crippen LogP contribution in [0.3, 0.4) is 0 Å². The van der Waals surface area contributed by atoms with Crippen LogP contribution in [0.4, 0.5) is 13.2 Å². The Morgan fingerprint density at radius 2 is 1.88 bits per heavy atom. The van der Waals surface area contributed by atoms with E-state index in [0.29, 0.717) is 26.3 Å². The first-order valence-corrected chi connectivity index (χ1v) is 5.64. The van der Waals surface area contributed by atoms with Crippen molar-refractivity contribution in [2.75, 3.05) is 32.8 Å². The van der Waals surface area contributed by atoms with E-state index in [9.17, 15) is 13.2 Å².